The molecule has 2 saturated heterocycles. The lowest BCUT2D eigenvalue weighted by molar-refractivity contribution is 0.0896. The summed E-state index contributed by atoms with van der Waals surface area (Å²) in [5, 5.41) is 3.46. The molecular weight excluding hydrogens is 536 g/mol. The third-order valence-electron chi connectivity index (χ3n) is 8.51. The molecule has 41 heavy (non-hydrogen) atoms. The first-order chi connectivity index (χ1) is 19.7. The monoisotopic (exact) mass is 574 g/mol. The van der Waals surface area contributed by atoms with E-state index in [2.05, 4.69) is 39.2 Å². The summed E-state index contributed by atoms with van der Waals surface area (Å²) in [6.45, 7) is 8.85. The highest BCUT2D eigenvalue weighted by molar-refractivity contribution is 6.29. The molecule has 216 valence electrons. The molecule has 9 heteroatoms. The SMILES string of the molecule is Cc1cc(Cl)nc(C)c1C(=O)NCCC(C)N1CCC(N2C(=O)N(c3ccccc3N)CC2c2ccccc2)CC1. The number of hydrogen-bond donors (Lipinski definition) is 2. The van der Waals surface area contributed by atoms with Crippen LogP contribution in [0, 0.1) is 13.8 Å². The highest BCUT2D eigenvalue weighted by Crippen LogP contribution is 2.38. The summed E-state index contributed by atoms with van der Waals surface area (Å²) in [6.07, 6.45) is 2.64. The van der Waals surface area contributed by atoms with E-state index in [0.29, 0.717) is 41.2 Å². The lowest BCUT2D eigenvalue weighted by atomic mass is 9.98. The number of nitrogen functional groups attached to an aromatic ring is 1. The Morgan fingerprint density at radius 1 is 1.10 bits per heavy atom. The van der Waals surface area contributed by atoms with E-state index in [1.54, 1.807) is 6.07 Å². The minimum atomic E-state index is -0.113. The summed E-state index contributed by atoms with van der Waals surface area (Å²) in [6, 6.07) is 20.1. The molecule has 3 heterocycles. The second kappa shape index (κ2) is 12.5. The molecule has 0 radical (unpaired) electrons. The Hall–Kier alpha value is -3.62. The first-order valence-corrected chi connectivity index (χ1v) is 14.8. The average molecular weight is 575 g/mol. The van der Waals surface area contributed by atoms with Gasteiger partial charge in [0.15, 0.2) is 0 Å². The van der Waals surface area contributed by atoms with Crippen molar-refractivity contribution in [2.75, 3.05) is 36.8 Å². The topological polar surface area (TPSA) is 94.8 Å². The Morgan fingerprint density at radius 3 is 2.46 bits per heavy atom. The minimum absolute atomic E-state index is 0.0215. The highest BCUT2D eigenvalue weighted by Gasteiger charge is 2.44. The van der Waals surface area contributed by atoms with Crippen LogP contribution in [0.5, 0.6) is 0 Å². The number of carbonyl (C=O) groups is 2. The maximum absolute atomic E-state index is 13.9. The summed E-state index contributed by atoms with van der Waals surface area (Å²) in [5.74, 6) is -0.113. The Labute approximate surface area is 247 Å². The van der Waals surface area contributed by atoms with Crippen LogP contribution in [0.25, 0.3) is 0 Å². The number of nitrogens with one attached hydrogen (secondary N) is 1. The predicted octanol–water partition coefficient (Wildman–Crippen LogP) is 5.59. The molecule has 2 atom stereocenters. The molecule has 3 amide bonds. The number of pyridine rings is 1. The van der Waals surface area contributed by atoms with Crippen LogP contribution in [-0.4, -0.2) is 65.0 Å². The van der Waals surface area contributed by atoms with Crippen LogP contribution in [0.3, 0.4) is 0 Å². The number of amides is 3. The van der Waals surface area contributed by atoms with Crippen LogP contribution in [0.2, 0.25) is 5.15 Å². The summed E-state index contributed by atoms with van der Waals surface area (Å²) < 4.78 is 0. The van der Waals surface area contributed by atoms with Gasteiger partial charge >= 0.3 is 6.03 Å². The van der Waals surface area contributed by atoms with E-state index < -0.39 is 0 Å². The van der Waals surface area contributed by atoms with Crippen LogP contribution in [0.4, 0.5) is 16.2 Å². The molecular formula is C32H39ClN6O2. The minimum Gasteiger partial charge on any atom is -0.397 e. The van der Waals surface area contributed by atoms with Gasteiger partial charge in [0.05, 0.1) is 35.2 Å². The van der Waals surface area contributed by atoms with Crippen LogP contribution < -0.4 is 16.0 Å². The van der Waals surface area contributed by atoms with Crippen LogP contribution in [-0.2, 0) is 0 Å². The lowest BCUT2D eigenvalue weighted by Gasteiger charge is -2.41. The molecule has 5 rings (SSSR count). The van der Waals surface area contributed by atoms with Crippen molar-refractivity contribution in [1.82, 2.24) is 20.1 Å². The maximum atomic E-state index is 13.9. The van der Waals surface area contributed by atoms with Crippen molar-refractivity contribution in [3.63, 3.8) is 0 Å². The van der Waals surface area contributed by atoms with Crippen LogP contribution in [0.1, 0.15) is 59.4 Å². The molecule has 2 unspecified atom stereocenters. The third kappa shape index (κ3) is 6.19. The van der Waals surface area contributed by atoms with E-state index in [0.717, 1.165) is 49.2 Å². The lowest BCUT2D eigenvalue weighted by Crippen LogP contribution is -2.49. The molecule has 0 bridgehead atoms. The number of likely N-dealkylation sites (tertiary alicyclic amines) is 1. The normalized spacial score (nSPS) is 19.0. The molecule has 3 aromatic rings. The number of piperidine rings is 1. The van der Waals surface area contributed by atoms with Crippen molar-refractivity contribution in [2.24, 2.45) is 0 Å². The van der Waals surface area contributed by atoms with Gasteiger partial charge in [0.1, 0.15) is 5.15 Å². The summed E-state index contributed by atoms with van der Waals surface area (Å²) in [4.78, 5) is 37.3. The third-order valence-corrected chi connectivity index (χ3v) is 8.71. The number of halogens is 1. The van der Waals surface area contributed by atoms with Gasteiger partial charge in [0.2, 0.25) is 0 Å². The number of nitrogens with zero attached hydrogens (tertiary/aromatic N) is 4. The molecule has 8 nitrogen and oxygen atoms in total. The van der Waals surface area contributed by atoms with E-state index in [1.807, 2.05) is 61.2 Å². The molecule has 0 aliphatic carbocycles. The molecule has 0 saturated carbocycles. The van der Waals surface area contributed by atoms with E-state index >= 15 is 0 Å². The van der Waals surface area contributed by atoms with Crippen LogP contribution in [0.15, 0.2) is 60.7 Å². The number of urea groups is 1. The number of nitrogens with two attached hydrogens (primary N) is 1. The van der Waals surface area contributed by atoms with Gasteiger partial charge in [-0.3, -0.25) is 9.69 Å². The van der Waals surface area contributed by atoms with Gasteiger partial charge in [0.25, 0.3) is 5.91 Å². The Bertz CT molecular complexity index is 1370. The summed E-state index contributed by atoms with van der Waals surface area (Å²) in [5.41, 5.74) is 10.9. The van der Waals surface area contributed by atoms with Gasteiger partial charge in [-0.1, -0.05) is 54.1 Å². The van der Waals surface area contributed by atoms with Crippen molar-refractivity contribution in [2.45, 2.75) is 58.2 Å². The zero-order chi connectivity index (χ0) is 29.1. The van der Waals surface area contributed by atoms with Gasteiger partial charge in [0, 0.05) is 31.7 Å². The van der Waals surface area contributed by atoms with Crippen LogP contribution >= 0.6 is 11.6 Å². The van der Waals surface area contributed by atoms with E-state index in [9.17, 15) is 9.59 Å². The Kier molecular flexibility index (Phi) is 8.80. The number of rotatable bonds is 8. The number of para-hydroxylation sites is 2. The van der Waals surface area contributed by atoms with E-state index in [-0.39, 0.29) is 24.0 Å². The van der Waals surface area contributed by atoms with Gasteiger partial charge in [-0.15, -0.1) is 0 Å². The zero-order valence-corrected chi connectivity index (χ0v) is 24.8. The van der Waals surface area contributed by atoms with Gasteiger partial charge in [-0.2, -0.15) is 0 Å². The van der Waals surface area contributed by atoms with E-state index in [1.165, 1.54) is 0 Å². The molecule has 2 aliphatic rings. The Morgan fingerprint density at radius 2 is 1.78 bits per heavy atom. The van der Waals surface area contributed by atoms with Crippen molar-refractivity contribution < 1.29 is 9.59 Å². The number of aromatic nitrogens is 1. The quantitative estimate of drug-likeness (QED) is 0.270. The second-order valence-electron chi connectivity index (χ2n) is 11.2. The fraction of sp³-hybridized carbons (Fsp3) is 0.406. The fourth-order valence-electron chi connectivity index (χ4n) is 6.30. The predicted molar refractivity (Wildman–Crippen MR) is 164 cm³/mol. The largest absolute Gasteiger partial charge is 0.397 e. The maximum Gasteiger partial charge on any atom is 0.325 e. The molecule has 3 N–H and O–H groups in total. The highest BCUT2D eigenvalue weighted by atomic mass is 35.5. The molecule has 2 fully saturated rings. The number of aryl methyl sites for hydroxylation is 2. The van der Waals surface area contributed by atoms with Crippen molar-refractivity contribution >= 4 is 34.9 Å². The average Bonchev–Trinajstić information content (AvgIpc) is 3.30. The molecule has 2 aromatic carbocycles. The first-order valence-electron chi connectivity index (χ1n) is 14.4. The summed E-state index contributed by atoms with van der Waals surface area (Å²) >= 11 is 6.02. The summed E-state index contributed by atoms with van der Waals surface area (Å²) in [7, 11) is 0. The number of benzene rings is 2. The van der Waals surface area contributed by atoms with Gasteiger partial charge < -0.3 is 20.9 Å². The first kappa shape index (κ1) is 28.9. The standard InChI is InChI=1S/C32H39ClN6O2/c1-21-19-29(33)36-23(3)30(21)31(40)35-16-13-22(2)37-17-14-25(15-18-37)39-28(24-9-5-4-6-10-24)20-38(32(39)41)27-12-8-7-11-26(27)34/h4-12,19,22,25,28H,13-18,20,34H2,1-3H3,(H,35,40). The smallest absolute Gasteiger partial charge is 0.325 e. The molecule has 1 aromatic heterocycles. The van der Waals surface area contributed by atoms with Crippen molar-refractivity contribution in [1.29, 1.82) is 0 Å². The fourth-order valence-corrected chi connectivity index (χ4v) is 6.59. The van der Waals surface area contributed by atoms with Gasteiger partial charge in [-0.25, -0.2) is 9.78 Å². The van der Waals surface area contributed by atoms with Crippen molar-refractivity contribution in [3.05, 3.63) is 88.2 Å². The second-order valence-corrected chi connectivity index (χ2v) is 11.6. The number of carbonyl (C=O) groups excluding carboxylic acids is 2. The van der Waals surface area contributed by atoms with Gasteiger partial charge in [-0.05, 0) is 69.4 Å². The Balaban J connectivity index is 1.20. The zero-order valence-electron chi connectivity index (χ0n) is 24.0. The molecule has 0 spiro atoms. The van der Waals surface area contributed by atoms with E-state index in [4.69, 9.17) is 17.3 Å². The molecule has 2 aliphatic heterocycles. The number of hydrogen-bond acceptors (Lipinski definition) is 5. The number of anilines is 2. The van der Waals surface area contributed by atoms with Crippen molar-refractivity contribution in [3.8, 4) is 0 Å².